The molecule has 0 saturated carbocycles. The van der Waals surface area contributed by atoms with Crippen LogP contribution >= 0.6 is 0 Å². The third-order valence-corrected chi connectivity index (χ3v) is 7.20. The third kappa shape index (κ3) is 5.17. The van der Waals surface area contributed by atoms with E-state index in [4.69, 9.17) is 14.2 Å². The standard InChI is InChI=1S/C33H30N2O4/c1-37-30-19-27-17-18-35(32(36)26-11-7-4-8-12-26)33(23-34,29(27)20-31(30)38-2)21-24-13-15-28(16-14-24)39-22-25-9-5-3-6-10-25/h3-16,19-20H,17-18,21-22H2,1-2H3/t33-/m0/s1. The third-order valence-electron chi connectivity index (χ3n) is 7.20. The normalized spacial score (nSPS) is 16.1. The first-order valence-electron chi connectivity index (χ1n) is 12.9. The quantitative estimate of drug-likeness (QED) is 0.289. The van der Waals surface area contributed by atoms with Gasteiger partial charge < -0.3 is 19.1 Å². The number of hydrogen-bond donors (Lipinski definition) is 0. The van der Waals surface area contributed by atoms with Crippen LogP contribution < -0.4 is 14.2 Å². The highest BCUT2D eigenvalue weighted by Gasteiger charge is 2.46. The summed E-state index contributed by atoms with van der Waals surface area (Å²) >= 11 is 0. The minimum Gasteiger partial charge on any atom is -0.493 e. The fourth-order valence-electron chi connectivity index (χ4n) is 5.18. The second-order valence-corrected chi connectivity index (χ2v) is 9.50. The number of nitrogens with zero attached hydrogens (tertiary/aromatic N) is 2. The maximum absolute atomic E-state index is 13.8. The molecule has 4 aromatic carbocycles. The number of carbonyl (C=O) groups is 1. The summed E-state index contributed by atoms with van der Waals surface area (Å²) in [5.74, 6) is 1.68. The predicted molar refractivity (Wildman–Crippen MR) is 149 cm³/mol. The van der Waals surface area contributed by atoms with Crippen LogP contribution in [-0.4, -0.2) is 31.6 Å². The maximum atomic E-state index is 13.8. The Morgan fingerprint density at radius 3 is 2.15 bits per heavy atom. The molecule has 196 valence electrons. The summed E-state index contributed by atoms with van der Waals surface area (Å²) in [6, 6.07) is 33.1. The lowest BCUT2D eigenvalue weighted by Crippen LogP contribution is -2.54. The minimum absolute atomic E-state index is 0.180. The Morgan fingerprint density at radius 2 is 1.51 bits per heavy atom. The molecule has 1 aliphatic heterocycles. The molecule has 0 saturated heterocycles. The highest BCUT2D eigenvalue weighted by atomic mass is 16.5. The fraction of sp³-hybridized carbons (Fsp3) is 0.212. The maximum Gasteiger partial charge on any atom is 0.255 e. The minimum atomic E-state index is -1.24. The van der Waals surface area contributed by atoms with Crippen molar-refractivity contribution in [1.29, 1.82) is 5.26 Å². The van der Waals surface area contributed by atoms with Crippen molar-refractivity contribution in [2.45, 2.75) is 25.0 Å². The van der Waals surface area contributed by atoms with Gasteiger partial charge in [0.2, 0.25) is 0 Å². The number of ether oxygens (including phenoxy) is 3. The van der Waals surface area contributed by atoms with Gasteiger partial charge in [-0.1, -0.05) is 60.7 Å². The average molecular weight is 519 g/mol. The number of benzene rings is 4. The molecule has 0 bridgehead atoms. The van der Waals surface area contributed by atoms with Crippen LogP contribution in [0, 0.1) is 11.3 Å². The van der Waals surface area contributed by atoms with Crippen molar-refractivity contribution in [2.75, 3.05) is 20.8 Å². The molecule has 0 aromatic heterocycles. The van der Waals surface area contributed by atoms with Crippen LogP contribution in [0.15, 0.2) is 97.1 Å². The molecule has 5 rings (SSSR count). The summed E-state index contributed by atoms with van der Waals surface area (Å²) in [6.45, 7) is 0.874. The average Bonchev–Trinajstić information content (AvgIpc) is 3.00. The Hall–Kier alpha value is -4.76. The summed E-state index contributed by atoms with van der Waals surface area (Å²) in [7, 11) is 3.17. The Morgan fingerprint density at radius 1 is 0.872 bits per heavy atom. The lowest BCUT2D eigenvalue weighted by atomic mass is 9.76. The van der Waals surface area contributed by atoms with Crippen molar-refractivity contribution in [3.63, 3.8) is 0 Å². The summed E-state index contributed by atoms with van der Waals surface area (Å²) in [6.07, 6.45) is 0.910. The summed E-state index contributed by atoms with van der Waals surface area (Å²) < 4.78 is 17.1. The molecule has 1 aliphatic rings. The van der Waals surface area contributed by atoms with E-state index in [2.05, 4.69) is 6.07 Å². The van der Waals surface area contributed by atoms with Gasteiger partial charge in [-0.05, 0) is 65.1 Å². The molecule has 0 N–H and O–H groups in total. The zero-order valence-electron chi connectivity index (χ0n) is 22.1. The van der Waals surface area contributed by atoms with Gasteiger partial charge in [0.05, 0.1) is 20.3 Å². The van der Waals surface area contributed by atoms with Crippen molar-refractivity contribution in [3.05, 3.63) is 125 Å². The van der Waals surface area contributed by atoms with Crippen molar-refractivity contribution in [3.8, 4) is 23.3 Å². The molecular formula is C33H30N2O4. The predicted octanol–water partition coefficient (Wildman–Crippen LogP) is 5.94. The zero-order valence-corrected chi connectivity index (χ0v) is 22.1. The first kappa shape index (κ1) is 25.9. The SMILES string of the molecule is COc1cc2c(cc1OC)[C@@](C#N)(Cc1ccc(OCc3ccccc3)cc1)N(C(=O)c1ccccc1)CC2. The molecule has 39 heavy (non-hydrogen) atoms. The van der Waals surface area contributed by atoms with Crippen molar-refractivity contribution in [2.24, 2.45) is 0 Å². The second-order valence-electron chi connectivity index (χ2n) is 9.50. The van der Waals surface area contributed by atoms with E-state index < -0.39 is 5.54 Å². The highest BCUT2D eigenvalue weighted by molar-refractivity contribution is 5.95. The topological polar surface area (TPSA) is 71.8 Å². The van der Waals surface area contributed by atoms with Crippen LogP contribution in [-0.2, 0) is 25.0 Å². The largest absolute Gasteiger partial charge is 0.493 e. The van der Waals surface area contributed by atoms with Gasteiger partial charge in [0.25, 0.3) is 5.91 Å². The van der Waals surface area contributed by atoms with Crippen LogP contribution in [0.4, 0.5) is 0 Å². The monoisotopic (exact) mass is 518 g/mol. The Labute approximate surface area is 229 Å². The number of rotatable bonds is 8. The molecule has 0 unspecified atom stereocenters. The molecule has 4 aromatic rings. The van der Waals surface area contributed by atoms with Crippen LogP contribution in [0.2, 0.25) is 0 Å². The molecule has 0 aliphatic carbocycles. The summed E-state index contributed by atoms with van der Waals surface area (Å²) in [4.78, 5) is 15.5. The molecule has 6 nitrogen and oxygen atoms in total. The van der Waals surface area contributed by atoms with Gasteiger partial charge >= 0.3 is 0 Å². The van der Waals surface area contributed by atoms with Crippen LogP contribution in [0.25, 0.3) is 0 Å². The molecular weight excluding hydrogens is 488 g/mol. The first-order chi connectivity index (χ1) is 19.1. The lowest BCUT2D eigenvalue weighted by molar-refractivity contribution is 0.0550. The van der Waals surface area contributed by atoms with Crippen LogP contribution in [0.1, 0.15) is 32.6 Å². The molecule has 6 heteroatoms. The Kier molecular flexibility index (Phi) is 7.51. The molecule has 0 spiro atoms. The van der Waals surface area contributed by atoms with Gasteiger partial charge in [-0.2, -0.15) is 5.26 Å². The highest BCUT2D eigenvalue weighted by Crippen LogP contribution is 2.43. The molecule has 0 radical (unpaired) electrons. The number of amides is 1. The van der Waals surface area contributed by atoms with E-state index in [1.165, 1.54) is 0 Å². The Balaban J connectivity index is 1.51. The van der Waals surface area contributed by atoms with E-state index in [0.717, 1.165) is 28.0 Å². The smallest absolute Gasteiger partial charge is 0.255 e. The summed E-state index contributed by atoms with van der Waals surface area (Å²) in [5.41, 5.74) is 3.02. The molecule has 1 heterocycles. The number of nitriles is 1. The first-order valence-corrected chi connectivity index (χ1v) is 12.9. The van der Waals surface area contributed by atoms with Gasteiger partial charge in [0.1, 0.15) is 12.4 Å². The second kappa shape index (κ2) is 11.3. The Bertz CT molecular complexity index is 1480. The number of methoxy groups -OCH3 is 2. The van der Waals surface area contributed by atoms with Gasteiger partial charge in [-0.25, -0.2) is 0 Å². The number of hydrogen-bond acceptors (Lipinski definition) is 5. The van der Waals surface area contributed by atoms with E-state index in [9.17, 15) is 10.1 Å². The fourth-order valence-corrected chi connectivity index (χ4v) is 5.18. The van der Waals surface area contributed by atoms with Gasteiger partial charge in [-0.15, -0.1) is 0 Å². The van der Waals surface area contributed by atoms with Crippen LogP contribution in [0.3, 0.4) is 0 Å². The van der Waals surface area contributed by atoms with Gasteiger partial charge in [0, 0.05) is 18.5 Å². The van der Waals surface area contributed by atoms with E-state index >= 15 is 0 Å². The lowest BCUT2D eigenvalue weighted by Gasteiger charge is -2.44. The van der Waals surface area contributed by atoms with E-state index in [1.54, 1.807) is 31.3 Å². The molecule has 0 fully saturated rings. The zero-order chi connectivity index (χ0) is 27.2. The van der Waals surface area contributed by atoms with Crippen molar-refractivity contribution < 1.29 is 19.0 Å². The summed E-state index contributed by atoms with van der Waals surface area (Å²) in [5, 5.41) is 10.8. The van der Waals surface area contributed by atoms with Gasteiger partial charge in [-0.3, -0.25) is 4.79 Å². The van der Waals surface area contributed by atoms with E-state index in [0.29, 0.717) is 43.1 Å². The van der Waals surface area contributed by atoms with E-state index in [1.807, 2.05) is 84.9 Å². The van der Waals surface area contributed by atoms with Crippen LogP contribution in [0.5, 0.6) is 17.2 Å². The number of carbonyl (C=O) groups excluding carboxylic acids is 1. The molecule has 1 atom stereocenters. The van der Waals surface area contributed by atoms with E-state index in [-0.39, 0.29) is 5.91 Å². The van der Waals surface area contributed by atoms with Crippen molar-refractivity contribution >= 4 is 5.91 Å². The number of fused-ring (bicyclic) bond motifs is 1. The van der Waals surface area contributed by atoms with Gasteiger partial charge in [0.15, 0.2) is 17.0 Å². The molecule has 1 amide bonds. The van der Waals surface area contributed by atoms with Crippen molar-refractivity contribution in [1.82, 2.24) is 4.90 Å².